The molecule has 5 nitrogen and oxygen atoms in total. The molecule has 1 aromatic carbocycles. The average Bonchev–Trinajstić information content (AvgIpc) is 2.33. The molecule has 0 saturated heterocycles. The number of nitrogens with zero attached hydrogens (tertiary/aromatic N) is 1. The van der Waals surface area contributed by atoms with Gasteiger partial charge in [-0.05, 0) is 36.1 Å². The lowest BCUT2D eigenvalue weighted by molar-refractivity contribution is 0.114. The lowest BCUT2D eigenvalue weighted by atomic mass is 9.98. The number of aliphatic hydroxyl groups is 1. The van der Waals surface area contributed by atoms with E-state index < -0.39 is 6.10 Å². The smallest absolute Gasteiger partial charge is 0.186 e. The van der Waals surface area contributed by atoms with Gasteiger partial charge in [-0.25, -0.2) is 0 Å². The Labute approximate surface area is 114 Å². The third kappa shape index (κ3) is 5.18. The molecule has 1 aromatic rings. The van der Waals surface area contributed by atoms with Crippen molar-refractivity contribution in [2.24, 2.45) is 16.5 Å². The van der Waals surface area contributed by atoms with Crippen molar-refractivity contribution in [2.45, 2.75) is 32.8 Å². The maximum atomic E-state index is 9.63. The van der Waals surface area contributed by atoms with Crippen molar-refractivity contribution in [1.82, 2.24) is 0 Å². The highest BCUT2D eigenvalue weighted by Gasteiger charge is 2.07. The fraction of sp³-hybridized carbons (Fsp3) is 0.500. The number of hydrogen-bond donors (Lipinski definition) is 3. The Hall–Kier alpha value is -1.75. The summed E-state index contributed by atoms with van der Waals surface area (Å²) in [5.41, 5.74) is 12.9. The maximum absolute atomic E-state index is 9.63. The van der Waals surface area contributed by atoms with E-state index in [-0.39, 0.29) is 19.1 Å². The van der Waals surface area contributed by atoms with Crippen LogP contribution in [0.15, 0.2) is 23.2 Å². The zero-order chi connectivity index (χ0) is 14.4. The number of rotatable bonds is 6. The highest BCUT2D eigenvalue weighted by molar-refractivity contribution is 5.75. The zero-order valence-corrected chi connectivity index (χ0v) is 11.8. The summed E-state index contributed by atoms with van der Waals surface area (Å²) in [6.45, 7) is 6.67. The van der Waals surface area contributed by atoms with Crippen molar-refractivity contribution in [3.63, 3.8) is 0 Å². The number of nitrogens with two attached hydrogens (primary N) is 2. The first-order valence-electron chi connectivity index (χ1n) is 6.37. The molecule has 0 saturated carbocycles. The van der Waals surface area contributed by atoms with Gasteiger partial charge < -0.3 is 21.3 Å². The van der Waals surface area contributed by atoms with E-state index in [9.17, 15) is 5.11 Å². The fourth-order valence-electron chi connectivity index (χ4n) is 1.84. The minimum absolute atomic E-state index is 0.0313. The molecule has 0 aliphatic rings. The van der Waals surface area contributed by atoms with Crippen LogP contribution in [0.1, 0.15) is 30.9 Å². The number of benzene rings is 1. The van der Waals surface area contributed by atoms with Gasteiger partial charge in [0.15, 0.2) is 5.96 Å². The van der Waals surface area contributed by atoms with E-state index in [1.165, 1.54) is 11.1 Å². The second kappa shape index (κ2) is 6.99. The molecule has 0 aliphatic heterocycles. The van der Waals surface area contributed by atoms with Crippen LogP contribution in [0.4, 0.5) is 0 Å². The summed E-state index contributed by atoms with van der Waals surface area (Å²) >= 11 is 0. The molecular weight excluding hydrogens is 242 g/mol. The first kappa shape index (κ1) is 15.3. The van der Waals surface area contributed by atoms with Gasteiger partial charge in [-0.2, -0.15) is 0 Å². The molecule has 0 aliphatic carbocycles. The first-order valence-corrected chi connectivity index (χ1v) is 6.37. The van der Waals surface area contributed by atoms with Crippen molar-refractivity contribution in [3.05, 3.63) is 29.3 Å². The van der Waals surface area contributed by atoms with Gasteiger partial charge in [-0.15, -0.1) is 0 Å². The molecule has 0 radical (unpaired) electrons. The minimum Gasteiger partial charge on any atom is -0.491 e. The van der Waals surface area contributed by atoms with Crippen LogP contribution in [-0.4, -0.2) is 30.3 Å². The number of ether oxygens (including phenoxy) is 1. The predicted molar refractivity (Wildman–Crippen MR) is 77.4 cm³/mol. The van der Waals surface area contributed by atoms with E-state index in [0.717, 1.165) is 5.75 Å². The molecule has 0 spiro atoms. The standard InChI is InChI=1S/C14H23N3O2/c1-9(2)13-5-4-12(6-10(13)3)19-8-11(18)7-17-14(15)16/h4-6,9,11,18H,7-8H2,1-3H3,(H4,15,16,17). The van der Waals surface area contributed by atoms with Crippen LogP contribution >= 0.6 is 0 Å². The van der Waals surface area contributed by atoms with Crippen molar-refractivity contribution >= 4 is 5.96 Å². The highest BCUT2D eigenvalue weighted by atomic mass is 16.5. The molecule has 5 heteroatoms. The normalized spacial score (nSPS) is 12.3. The minimum atomic E-state index is -0.716. The van der Waals surface area contributed by atoms with Crippen LogP contribution in [0.3, 0.4) is 0 Å². The lowest BCUT2D eigenvalue weighted by Crippen LogP contribution is -2.27. The van der Waals surface area contributed by atoms with Gasteiger partial charge >= 0.3 is 0 Å². The van der Waals surface area contributed by atoms with Crippen LogP contribution in [-0.2, 0) is 0 Å². The number of aliphatic imine (C=N–C) groups is 1. The van der Waals surface area contributed by atoms with Crippen LogP contribution in [0, 0.1) is 6.92 Å². The van der Waals surface area contributed by atoms with Gasteiger partial charge in [0, 0.05) is 0 Å². The van der Waals surface area contributed by atoms with Crippen LogP contribution < -0.4 is 16.2 Å². The molecule has 0 amide bonds. The zero-order valence-electron chi connectivity index (χ0n) is 11.8. The first-order chi connectivity index (χ1) is 8.90. The average molecular weight is 265 g/mol. The third-order valence-corrected chi connectivity index (χ3v) is 2.79. The monoisotopic (exact) mass is 265 g/mol. The number of aliphatic hydroxyl groups excluding tert-OH is 1. The van der Waals surface area contributed by atoms with Gasteiger partial charge in [0.05, 0.1) is 6.54 Å². The lowest BCUT2D eigenvalue weighted by Gasteiger charge is -2.14. The molecule has 106 valence electrons. The fourth-order valence-corrected chi connectivity index (χ4v) is 1.84. The molecule has 5 N–H and O–H groups in total. The Bertz CT molecular complexity index is 440. The summed E-state index contributed by atoms with van der Waals surface area (Å²) in [4.78, 5) is 3.73. The number of hydrogen-bond acceptors (Lipinski definition) is 3. The van der Waals surface area contributed by atoms with Gasteiger partial charge in [-0.1, -0.05) is 19.9 Å². The second-order valence-corrected chi connectivity index (χ2v) is 4.90. The third-order valence-electron chi connectivity index (χ3n) is 2.79. The van der Waals surface area contributed by atoms with Crippen molar-refractivity contribution in [3.8, 4) is 5.75 Å². The van der Waals surface area contributed by atoms with Crippen molar-refractivity contribution < 1.29 is 9.84 Å². The van der Waals surface area contributed by atoms with Gasteiger partial charge in [0.2, 0.25) is 0 Å². The van der Waals surface area contributed by atoms with E-state index in [1.807, 2.05) is 12.1 Å². The Balaban J connectivity index is 2.54. The van der Waals surface area contributed by atoms with Crippen LogP contribution in [0.2, 0.25) is 0 Å². The Morgan fingerprint density at radius 3 is 2.58 bits per heavy atom. The SMILES string of the molecule is Cc1cc(OCC(O)CN=C(N)N)ccc1C(C)C. The Morgan fingerprint density at radius 2 is 2.05 bits per heavy atom. The van der Waals surface area contributed by atoms with Crippen molar-refractivity contribution in [2.75, 3.05) is 13.2 Å². The summed E-state index contributed by atoms with van der Waals surface area (Å²) in [5, 5.41) is 9.63. The van der Waals surface area contributed by atoms with Gasteiger partial charge in [0.25, 0.3) is 0 Å². The van der Waals surface area contributed by atoms with E-state index in [4.69, 9.17) is 16.2 Å². The van der Waals surface area contributed by atoms with E-state index in [1.54, 1.807) is 0 Å². The highest BCUT2D eigenvalue weighted by Crippen LogP contribution is 2.23. The summed E-state index contributed by atoms with van der Waals surface area (Å²) in [5.74, 6) is 1.20. The largest absolute Gasteiger partial charge is 0.491 e. The Morgan fingerprint density at radius 1 is 1.37 bits per heavy atom. The Kier molecular flexibility index (Phi) is 5.63. The summed E-state index contributed by atoms with van der Waals surface area (Å²) in [7, 11) is 0. The summed E-state index contributed by atoms with van der Waals surface area (Å²) in [6.07, 6.45) is -0.716. The van der Waals surface area contributed by atoms with E-state index in [2.05, 4.69) is 31.8 Å². The molecule has 0 bridgehead atoms. The molecule has 0 heterocycles. The summed E-state index contributed by atoms with van der Waals surface area (Å²) < 4.78 is 5.51. The molecule has 1 rings (SSSR count). The molecule has 19 heavy (non-hydrogen) atoms. The quantitative estimate of drug-likeness (QED) is 0.531. The topological polar surface area (TPSA) is 93.9 Å². The molecule has 1 atom stereocenters. The molecule has 0 aromatic heterocycles. The molecule has 0 fully saturated rings. The van der Waals surface area contributed by atoms with E-state index in [0.29, 0.717) is 5.92 Å². The van der Waals surface area contributed by atoms with Crippen molar-refractivity contribution in [1.29, 1.82) is 0 Å². The van der Waals surface area contributed by atoms with Gasteiger partial charge in [-0.3, -0.25) is 4.99 Å². The maximum Gasteiger partial charge on any atom is 0.186 e. The predicted octanol–water partition coefficient (Wildman–Crippen LogP) is 1.13. The second-order valence-electron chi connectivity index (χ2n) is 4.90. The molecule has 1 unspecified atom stereocenters. The van der Waals surface area contributed by atoms with E-state index >= 15 is 0 Å². The van der Waals surface area contributed by atoms with Gasteiger partial charge in [0.1, 0.15) is 18.5 Å². The number of guanidine groups is 1. The van der Waals surface area contributed by atoms with Crippen LogP contribution in [0.5, 0.6) is 5.75 Å². The number of aryl methyl sites for hydroxylation is 1. The molecular formula is C14H23N3O2. The van der Waals surface area contributed by atoms with Crippen LogP contribution in [0.25, 0.3) is 0 Å². The summed E-state index contributed by atoms with van der Waals surface area (Å²) in [6, 6.07) is 5.94.